The van der Waals surface area contributed by atoms with Crippen LogP contribution < -0.4 is 5.73 Å². The van der Waals surface area contributed by atoms with Gasteiger partial charge >= 0.3 is 5.97 Å². The second-order valence-corrected chi connectivity index (χ2v) is 2.61. The Balaban J connectivity index is 0.00000169. The van der Waals surface area contributed by atoms with Gasteiger partial charge in [0, 0.05) is 0 Å². The maximum Gasteiger partial charge on any atom is 0.311 e. The Kier molecular flexibility index (Phi) is 4.58. The van der Waals surface area contributed by atoms with Crippen molar-refractivity contribution in [3.63, 3.8) is 0 Å². The van der Waals surface area contributed by atoms with E-state index >= 15 is 0 Å². The van der Waals surface area contributed by atoms with Gasteiger partial charge in [-0.3, -0.25) is 4.79 Å². The topological polar surface area (TPSA) is 110 Å². The van der Waals surface area contributed by atoms with Crippen molar-refractivity contribution in [2.75, 3.05) is 0 Å². The fraction of sp³-hybridized carbons (Fsp3) is 0.429. The first kappa shape index (κ1) is 12.9. The van der Waals surface area contributed by atoms with E-state index in [1.54, 1.807) is 0 Å². The maximum absolute atomic E-state index is 10.6. The summed E-state index contributed by atoms with van der Waals surface area (Å²) in [7, 11) is 0. The predicted molar refractivity (Wildman–Crippen MR) is 52.4 cm³/mol. The van der Waals surface area contributed by atoms with Gasteiger partial charge in [-0.25, -0.2) is 0 Å². The molecule has 14 heavy (non-hydrogen) atoms. The van der Waals surface area contributed by atoms with Crippen molar-refractivity contribution in [1.29, 1.82) is 0 Å². The number of hydrogen-bond acceptors (Lipinski definition) is 5. The molecule has 1 aromatic heterocycles. The molecule has 1 atom stereocenters. The van der Waals surface area contributed by atoms with Crippen molar-refractivity contribution < 1.29 is 19.5 Å². The molecule has 1 unspecified atom stereocenters. The van der Waals surface area contributed by atoms with E-state index in [0.29, 0.717) is 0 Å². The Bertz CT molecular complexity index is 325. The minimum Gasteiger partial charge on any atom is -0.491 e. The third-order valence-corrected chi connectivity index (χ3v) is 1.77. The number of carboxylic acid groups (broad SMARTS) is 1. The van der Waals surface area contributed by atoms with Crippen LogP contribution in [0.3, 0.4) is 0 Å². The quantitative estimate of drug-likeness (QED) is 0.739. The van der Waals surface area contributed by atoms with Crippen LogP contribution in [0.4, 0.5) is 0 Å². The Morgan fingerprint density at radius 1 is 1.71 bits per heavy atom. The van der Waals surface area contributed by atoms with Crippen molar-refractivity contribution in [3.05, 3.63) is 11.3 Å². The molecule has 6 nitrogen and oxygen atoms in total. The zero-order valence-electron chi connectivity index (χ0n) is 7.43. The fourth-order valence-corrected chi connectivity index (χ4v) is 1.03. The largest absolute Gasteiger partial charge is 0.491 e. The van der Waals surface area contributed by atoms with Gasteiger partial charge in [0.2, 0.25) is 0 Å². The maximum atomic E-state index is 10.6. The van der Waals surface area contributed by atoms with Crippen LogP contribution in [0.25, 0.3) is 0 Å². The number of carbonyl (C=O) groups is 1. The van der Waals surface area contributed by atoms with E-state index in [9.17, 15) is 4.79 Å². The van der Waals surface area contributed by atoms with Gasteiger partial charge in [0.05, 0.1) is 18.0 Å². The molecule has 0 aliphatic rings. The van der Waals surface area contributed by atoms with Crippen molar-refractivity contribution in [2.24, 2.45) is 5.73 Å². The monoisotopic (exact) mass is 266 g/mol. The van der Waals surface area contributed by atoms with E-state index in [1.165, 1.54) is 6.92 Å². The van der Waals surface area contributed by atoms with Gasteiger partial charge in [-0.15, -0.1) is 17.0 Å². The number of halogens is 1. The molecule has 0 fully saturated rings. The number of aliphatic carboxylic acids is 1. The molecule has 0 aliphatic carbocycles. The highest BCUT2D eigenvalue weighted by Gasteiger charge is 2.25. The highest BCUT2D eigenvalue weighted by Crippen LogP contribution is 2.28. The van der Waals surface area contributed by atoms with Crippen molar-refractivity contribution in [1.82, 2.24) is 5.16 Å². The molecule has 0 radical (unpaired) electrons. The molecule has 0 aromatic carbocycles. The highest BCUT2D eigenvalue weighted by atomic mass is 79.9. The molecule has 0 bridgehead atoms. The summed E-state index contributed by atoms with van der Waals surface area (Å²) in [6, 6.07) is 0. The number of rotatable bonds is 3. The Hall–Kier alpha value is -1.08. The molecule has 1 rings (SSSR count). The molecule has 0 aliphatic heterocycles. The molecular weight excluding hydrogens is 256 g/mol. The summed E-state index contributed by atoms with van der Waals surface area (Å²) in [5.41, 5.74) is 5.41. The van der Waals surface area contributed by atoms with Crippen LogP contribution in [-0.2, 0) is 11.3 Å². The molecule has 80 valence electrons. The lowest BCUT2D eigenvalue weighted by atomic mass is 10.0. The van der Waals surface area contributed by atoms with Crippen molar-refractivity contribution in [3.8, 4) is 5.88 Å². The first-order valence-corrected chi connectivity index (χ1v) is 3.68. The fourth-order valence-electron chi connectivity index (χ4n) is 1.03. The van der Waals surface area contributed by atoms with Gasteiger partial charge in [-0.05, 0) is 12.1 Å². The van der Waals surface area contributed by atoms with E-state index in [1.807, 2.05) is 0 Å². The summed E-state index contributed by atoms with van der Waals surface area (Å²) < 4.78 is 4.63. The van der Waals surface area contributed by atoms with E-state index < -0.39 is 17.8 Å². The van der Waals surface area contributed by atoms with Gasteiger partial charge in [-0.2, -0.15) is 0 Å². The SMILES string of the molecule is Br.CC(C(=O)O)c1c(O)noc1CN. The van der Waals surface area contributed by atoms with Crippen LogP contribution >= 0.6 is 17.0 Å². The highest BCUT2D eigenvalue weighted by molar-refractivity contribution is 8.93. The average molecular weight is 267 g/mol. The van der Waals surface area contributed by atoms with Crippen LogP contribution in [-0.4, -0.2) is 21.3 Å². The van der Waals surface area contributed by atoms with E-state index in [4.69, 9.17) is 15.9 Å². The number of aromatic nitrogens is 1. The molecule has 7 heteroatoms. The second kappa shape index (κ2) is 4.97. The van der Waals surface area contributed by atoms with Crippen LogP contribution in [0.1, 0.15) is 24.2 Å². The van der Waals surface area contributed by atoms with Gasteiger partial charge in [0.1, 0.15) is 0 Å². The summed E-state index contributed by atoms with van der Waals surface area (Å²) in [5.74, 6) is -2.14. The molecule has 0 saturated carbocycles. The molecule has 4 N–H and O–H groups in total. The normalized spacial score (nSPS) is 11.9. The van der Waals surface area contributed by atoms with Crippen molar-refractivity contribution >= 4 is 23.0 Å². The Morgan fingerprint density at radius 2 is 2.29 bits per heavy atom. The van der Waals surface area contributed by atoms with Crippen molar-refractivity contribution in [2.45, 2.75) is 19.4 Å². The first-order valence-electron chi connectivity index (χ1n) is 3.68. The smallest absolute Gasteiger partial charge is 0.311 e. The van der Waals surface area contributed by atoms with Gasteiger partial charge < -0.3 is 20.5 Å². The first-order chi connectivity index (χ1) is 6.07. The van der Waals surface area contributed by atoms with Crippen LogP contribution in [0.5, 0.6) is 5.88 Å². The molecule has 0 saturated heterocycles. The number of hydrogen-bond donors (Lipinski definition) is 3. The summed E-state index contributed by atoms with van der Waals surface area (Å²) in [4.78, 5) is 10.6. The van der Waals surface area contributed by atoms with Gasteiger partial charge in [0.15, 0.2) is 5.76 Å². The number of aromatic hydroxyl groups is 1. The summed E-state index contributed by atoms with van der Waals surface area (Å²) in [6.07, 6.45) is 0. The van der Waals surface area contributed by atoms with Crippen LogP contribution in [0.15, 0.2) is 4.52 Å². The van der Waals surface area contributed by atoms with Crippen LogP contribution in [0.2, 0.25) is 0 Å². The summed E-state index contributed by atoms with van der Waals surface area (Å²) >= 11 is 0. The zero-order chi connectivity index (χ0) is 10.0. The minimum absolute atomic E-state index is 0. The number of carboxylic acids is 1. The molecule has 0 spiro atoms. The van der Waals surface area contributed by atoms with E-state index in [2.05, 4.69) is 9.68 Å². The summed E-state index contributed by atoms with van der Waals surface area (Å²) in [6.45, 7) is 1.44. The number of nitrogens with zero attached hydrogens (tertiary/aromatic N) is 1. The third kappa shape index (κ3) is 2.24. The second-order valence-electron chi connectivity index (χ2n) is 2.61. The van der Waals surface area contributed by atoms with Gasteiger partial charge in [-0.1, -0.05) is 0 Å². The molecular formula is C7H11BrN2O4. The zero-order valence-corrected chi connectivity index (χ0v) is 9.14. The third-order valence-electron chi connectivity index (χ3n) is 1.77. The lowest BCUT2D eigenvalue weighted by Crippen LogP contribution is -2.10. The van der Waals surface area contributed by atoms with Gasteiger partial charge in [0.25, 0.3) is 5.88 Å². The predicted octanol–water partition coefficient (Wildman–Crippen LogP) is 0.605. The molecule has 1 aromatic rings. The average Bonchev–Trinajstić information content (AvgIpc) is 2.45. The van der Waals surface area contributed by atoms with E-state index in [0.717, 1.165) is 0 Å². The molecule has 0 amide bonds. The van der Waals surface area contributed by atoms with E-state index in [-0.39, 0.29) is 34.8 Å². The standard InChI is InChI=1S/C7H10N2O4.BrH/c1-3(7(11)12)5-4(2-8)13-9-6(5)10;/h3H,2,8H2,1H3,(H,9,10)(H,11,12);1H. The lowest BCUT2D eigenvalue weighted by Gasteiger charge is -2.03. The Morgan fingerprint density at radius 3 is 2.71 bits per heavy atom. The lowest BCUT2D eigenvalue weighted by molar-refractivity contribution is -0.138. The minimum atomic E-state index is -1.06. The van der Waals surface area contributed by atoms with Crippen LogP contribution in [0, 0.1) is 0 Å². The Labute approximate surface area is 90.5 Å². The number of nitrogens with two attached hydrogens (primary N) is 1. The summed E-state index contributed by atoms with van der Waals surface area (Å²) in [5, 5.41) is 21.1. The molecule has 1 heterocycles.